The highest BCUT2D eigenvalue weighted by molar-refractivity contribution is 6.35. The molecule has 0 aliphatic carbocycles. The van der Waals surface area contributed by atoms with Gasteiger partial charge in [-0.1, -0.05) is 0 Å². The maximum Gasteiger partial charge on any atom is 0.309 e. The first-order chi connectivity index (χ1) is 10.2. The van der Waals surface area contributed by atoms with Crippen LogP contribution >= 0.6 is 0 Å². The van der Waals surface area contributed by atoms with Crippen molar-refractivity contribution in [1.82, 2.24) is 20.6 Å². The number of nitrogens with one attached hydrogen (secondary N) is 2. The van der Waals surface area contributed by atoms with Crippen molar-refractivity contribution in [2.45, 2.75) is 19.8 Å². The van der Waals surface area contributed by atoms with Crippen LogP contribution < -0.4 is 15.5 Å². The minimum Gasteiger partial charge on any atom is -0.348 e. The van der Waals surface area contributed by atoms with E-state index in [1.54, 1.807) is 25.4 Å². The Hall–Kier alpha value is -2.18. The predicted octanol–water partition coefficient (Wildman–Crippen LogP) is -0.0547. The fourth-order valence-corrected chi connectivity index (χ4v) is 2.35. The zero-order valence-corrected chi connectivity index (χ0v) is 12.2. The van der Waals surface area contributed by atoms with Crippen LogP contribution in [0.4, 0.5) is 5.95 Å². The van der Waals surface area contributed by atoms with Gasteiger partial charge in [0.1, 0.15) is 0 Å². The molecule has 114 valence electrons. The lowest BCUT2D eigenvalue weighted by Crippen LogP contribution is -2.44. The van der Waals surface area contributed by atoms with Gasteiger partial charge in [-0.25, -0.2) is 9.97 Å². The lowest BCUT2D eigenvalue weighted by atomic mass is 9.97. The molecule has 0 aromatic carbocycles. The van der Waals surface area contributed by atoms with Crippen molar-refractivity contribution in [3.05, 3.63) is 18.5 Å². The molecule has 2 rings (SSSR count). The zero-order valence-electron chi connectivity index (χ0n) is 12.2. The summed E-state index contributed by atoms with van der Waals surface area (Å²) >= 11 is 0. The molecule has 0 unspecified atom stereocenters. The summed E-state index contributed by atoms with van der Waals surface area (Å²) in [6.45, 7) is 4.52. The van der Waals surface area contributed by atoms with Gasteiger partial charge in [-0.3, -0.25) is 9.59 Å². The molecule has 0 atom stereocenters. The number of piperidine rings is 1. The monoisotopic (exact) mass is 291 g/mol. The molecule has 1 fully saturated rings. The normalized spacial score (nSPS) is 15.6. The number of carbonyl (C=O) groups excluding carboxylic acids is 2. The molecular weight excluding hydrogens is 270 g/mol. The molecule has 1 aromatic rings. The first-order valence-electron chi connectivity index (χ1n) is 7.28. The smallest absolute Gasteiger partial charge is 0.309 e. The first-order valence-corrected chi connectivity index (χ1v) is 7.28. The van der Waals surface area contributed by atoms with Crippen molar-refractivity contribution in [2.75, 3.05) is 31.1 Å². The van der Waals surface area contributed by atoms with E-state index in [2.05, 4.69) is 25.5 Å². The van der Waals surface area contributed by atoms with Crippen LogP contribution in [0.15, 0.2) is 18.5 Å². The number of hydrogen-bond donors (Lipinski definition) is 2. The maximum atomic E-state index is 11.5. The van der Waals surface area contributed by atoms with Crippen LogP contribution in [0.1, 0.15) is 19.8 Å². The van der Waals surface area contributed by atoms with Gasteiger partial charge in [0.2, 0.25) is 5.95 Å². The van der Waals surface area contributed by atoms with Gasteiger partial charge in [-0.2, -0.15) is 0 Å². The molecule has 2 N–H and O–H groups in total. The summed E-state index contributed by atoms with van der Waals surface area (Å²) in [5.41, 5.74) is 0. The molecule has 1 aromatic heterocycles. The summed E-state index contributed by atoms with van der Waals surface area (Å²) in [5.74, 6) is 0.0314. The molecule has 2 heterocycles. The van der Waals surface area contributed by atoms with Gasteiger partial charge in [-0.15, -0.1) is 0 Å². The van der Waals surface area contributed by atoms with Gasteiger partial charge in [0.15, 0.2) is 0 Å². The highest BCUT2D eigenvalue weighted by Gasteiger charge is 2.22. The van der Waals surface area contributed by atoms with E-state index in [0.717, 1.165) is 31.9 Å². The van der Waals surface area contributed by atoms with E-state index in [-0.39, 0.29) is 0 Å². The second kappa shape index (κ2) is 7.56. The fourth-order valence-electron chi connectivity index (χ4n) is 2.35. The minimum atomic E-state index is -0.562. The Balaban J connectivity index is 1.72. The summed E-state index contributed by atoms with van der Waals surface area (Å²) in [4.78, 5) is 33.4. The largest absolute Gasteiger partial charge is 0.348 e. The van der Waals surface area contributed by atoms with Gasteiger partial charge >= 0.3 is 11.8 Å². The van der Waals surface area contributed by atoms with Crippen LogP contribution in [0, 0.1) is 5.92 Å². The summed E-state index contributed by atoms with van der Waals surface area (Å²) in [6, 6.07) is 1.80. The van der Waals surface area contributed by atoms with Crippen molar-refractivity contribution in [3.63, 3.8) is 0 Å². The van der Waals surface area contributed by atoms with E-state index in [9.17, 15) is 9.59 Å². The van der Waals surface area contributed by atoms with Crippen molar-refractivity contribution < 1.29 is 9.59 Å². The molecule has 0 radical (unpaired) electrons. The summed E-state index contributed by atoms with van der Waals surface area (Å²) < 4.78 is 0. The van der Waals surface area contributed by atoms with Gasteiger partial charge < -0.3 is 15.5 Å². The Morgan fingerprint density at radius 1 is 1.19 bits per heavy atom. The molecule has 1 saturated heterocycles. The SMILES string of the molecule is CCNC(=O)C(=O)NCC1CCN(c2ncccn2)CC1. The molecule has 2 amide bonds. The van der Waals surface area contributed by atoms with Crippen LogP contribution in [-0.2, 0) is 9.59 Å². The molecule has 0 saturated carbocycles. The topological polar surface area (TPSA) is 87.2 Å². The highest BCUT2D eigenvalue weighted by atomic mass is 16.2. The average Bonchev–Trinajstić information content (AvgIpc) is 2.54. The van der Waals surface area contributed by atoms with E-state index in [0.29, 0.717) is 19.0 Å². The maximum absolute atomic E-state index is 11.5. The van der Waals surface area contributed by atoms with Gasteiger partial charge in [0, 0.05) is 38.6 Å². The molecule has 1 aliphatic heterocycles. The Kier molecular flexibility index (Phi) is 5.48. The van der Waals surface area contributed by atoms with Gasteiger partial charge in [0.25, 0.3) is 0 Å². The van der Waals surface area contributed by atoms with Crippen molar-refractivity contribution in [3.8, 4) is 0 Å². The second-order valence-corrected chi connectivity index (χ2v) is 5.05. The molecule has 7 nitrogen and oxygen atoms in total. The van der Waals surface area contributed by atoms with Crippen LogP contribution in [0.2, 0.25) is 0 Å². The second-order valence-electron chi connectivity index (χ2n) is 5.05. The quantitative estimate of drug-likeness (QED) is 0.759. The van der Waals surface area contributed by atoms with Crippen LogP contribution in [-0.4, -0.2) is 48.0 Å². The third-order valence-electron chi connectivity index (χ3n) is 3.54. The summed E-state index contributed by atoms with van der Waals surface area (Å²) in [5, 5.41) is 5.18. The average molecular weight is 291 g/mol. The molecule has 21 heavy (non-hydrogen) atoms. The molecule has 0 bridgehead atoms. The minimum absolute atomic E-state index is 0.392. The van der Waals surface area contributed by atoms with Crippen LogP contribution in [0.3, 0.4) is 0 Å². The Morgan fingerprint density at radius 3 is 2.43 bits per heavy atom. The van der Waals surface area contributed by atoms with Gasteiger partial charge in [0.05, 0.1) is 0 Å². The van der Waals surface area contributed by atoms with Crippen molar-refractivity contribution >= 4 is 17.8 Å². The number of hydrogen-bond acceptors (Lipinski definition) is 5. The third kappa shape index (κ3) is 4.40. The number of rotatable bonds is 4. The molecule has 0 spiro atoms. The number of amides is 2. The molecular formula is C14H21N5O2. The highest BCUT2D eigenvalue weighted by Crippen LogP contribution is 2.19. The van der Waals surface area contributed by atoms with E-state index >= 15 is 0 Å². The zero-order chi connectivity index (χ0) is 15.1. The number of nitrogens with zero attached hydrogens (tertiary/aromatic N) is 3. The number of carbonyl (C=O) groups is 2. The summed E-state index contributed by atoms with van der Waals surface area (Å²) in [6.07, 6.45) is 5.38. The predicted molar refractivity (Wildman–Crippen MR) is 78.7 cm³/mol. The summed E-state index contributed by atoms with van der Waals surface area (Å²) in [7, 11) is 0. The Labute approximate surface area is 124 Å². The lowest BCUT2D eigenvalue weighted by molar-refractivity contribution is -0.139. The van der Waals surface area contributed by atoms with Gasteiger partial charge in [-0.05, 0) is 31.7 Å². The fraction of sp³-hybridized carbons (Fsp3) is 0.571. The molecule has 7 heteroatoms. The third-order valence-corrected chi connectivity index (χ3v) is 3.54. The van der Waals surface area contributed by atoms with Crippen molar-refractivity contribution in [1.29, 1.82) is 0 Å². The number of aromatic nitrogens is 2. The van der Waals surface area contributed by atoms with E-state index in [4.69, 9.17) is 0 Å². The molecule has 1 aliphatic rings. The van der Waals surface area contributed by atoms with E-state index in [1.807, 2.05) is 0 Å². The number of likely N-dealkylation sites (N-methyl/N-ethyl adjacent to an activating group) is 1. The van der Waals surface area contributed by atoms with E-state index in [1.165, 1.54) is 0 Å². The Bertz CT molecular complexity index is 472. The van der Waals surface area contributed by atoms with Crippen molar-refractivity contribution in [2.24, 2.45) is 5.92 Å². The standard InChI is InChI=1S/C14H21N5O2/c1-2-15-12(20)13(21)18-10-11-4-8-19(9-5-11)14-16-6-3-7-17-14/h3,6-7,11H,2,4-5,8-10H2,1H3,(H,15,20)(H,18,21). The number of anilines is 1. The Morgan fingerprint density at radius 2 is 1.81 bits per heavy atom. The van der Waals surface area contributed by atoms with E-state index < -0.39 is 11.8 Å². The first kappa shape index (κ1) is 15.2. The van der Waals surface area contributed by atoms with Crippen LogP contribution in [0.25, 0.3) is 0 Å². The van der Waals surface area contributed by atoms with Crippen LogP contribution in [0.5, 0.6) is 0 Å². The lowest BCUT2D eigenvalue weighted by Gasteiger charge is -2.31.